The second-order valence-electron chi connectivity index (χ2n) is 5.71. The number of hydrogen-bond acceptors (Lipinski definition) is 2. The van der Waals surface area contributed by atoms with Gasteiger partial charge in [0.2, 0.25) is 5.91 Å². The fourth-order valence-electron chi connectivity index (χ4n) is 1.88. The van der Waals surface area contributed by atoms with Crippen molar-refractivity contribution in [2.45, 2.75) is 39.5 Å². The predicted octanol–water partition coefficient (Wildman–Crippen LogP) is 2.58. The highest BCUT2D eigenvalue weighted by atomic mass is 16.3. The number of carbonyl (C=O) groups excluding carboxylic acids is 1. The molecule has 0 saturated carbocycles. The van der Waals surface area contributed by atoms with Crippen LogP contribution in [0.25, 0.3) is 0 Å². The Labute approximate surface area is 108 Å². The third kappa shape index (κ3) is 3.13. The van der Waals surface area contributed by atoms with Crippen molar-refractivity contribution < 1.29 is 9.90 Å². The largest absolute Gasteiger partial charge is 0.507 e. The zero-order valence-corrected chi connectivity index (χ0v) is 11.5. The highest BCUT2D eigenvalue weighted by Crippen LogP contribution is 2.35. The van der Waals surface area contributed by atoms with Gasteiger partial charge in [0.1, 0.15) is 5.75 Å². The van der Waals surface area contributed by atoms with E-state index in [0.29, 0.717) is 11.1 Å². The number of amides is 1. The lowest BCUT2D eigenvalue weighted by Gasteiger charge is -2.23. The van der Waals surface area contributed by atoms with Gasteiger partial charge in [-0.3, -0.25) is 4.79 Å². The molecule has 1 amide bonds. The molecule has 0 radical (unpaired) electrons. The Kier molecular flexibility index (Phi) is 3.85. The van der Waals surface area contributed by atoms with Gasteiger partial charge in [0.25, 0.3) is 0 Å². The number of aryl methyl sites for hydroxylation is 1. The average molecular weight is 247 g/mol. The summed E-state index contributed by atoms with van der Waals surface area (Å²) in [6.45, 7) is 11.7. The number of benzene rings is 1. The summed E-state index contributed by atoms with van der Waals surface area (Å²) in [7, 11) is 0. The molecule has 0 atom stereocenters. The van der Waals surface area contributed by atoms with Gasteiger partial charge in [0, 0.05) is 12.0 Å². The van der Waals surface area contributed by atoms with E-state index >= 15 is 0 Å². The molecule has 0 bridgehead atoms. The topological polar surface area (TPSA) is 63.3 Å². The van der Waals surface area contributed by atoms with E-state index in [0.717, 1.165) is 11.1 Å². The van der Waals surface area contributed by atoms with Crippen LogP contribution in [0, 0.1) is 6.92 Å². The van der Waals surface area contributed by atoms with Crippen LogP contribution in [0.15, 0.2) is 24.3 Å². The molecule has 3 heteroatoms. The van der Waals surface area contributed by atoms with E-state index in [1.54, 1.807) is 0 Å². The number of aromatic hydroxyl groups is 1. The van der Waals surface area contributed by atoms with Crippen molar-refractivity contribution in [3.8, 4) is 5.75 Å². The van der Waals surface area contributed by atoms with Gasteiger partial charge in [0.15, 0.2) is 0 Å². The van der Waals surface area contributed by atoms with Crippen LogP contribution in [0.5, 0.6) is 5.75 Å². The first-order valence-corrected chi connectivity index (χ1v) is 5.93. The minimum Gasteiger partial charge on any atom is -0.507 e. The number of carbonyl (C=O) groups is 1. The molecule has 0 aromatic heterocycles. The molecule has 98 valence electrons. The summed E-state index contributed by atoms with van der Waals surface area (Å²) in [5.41, 5.74) is 7.94. The highest BCUT2D eigenvalue weighted by molar-refractivity contribution is 5.91. The summed E-state index contributed by atoms with van der Waals surface area (Å²) in [5, 5.41) is 10.3. The fourth-order valence-corrected chi connectivity index (χ4v) is 1.88. The standard InChI is InChI=1S/C15H21NO2/c1-9-6-11(8-10(2)14(16)18)13(17)12(7-9)15(3,4)5/h6-7,17H,2,8H2,1,3-5H3,(H2,16,18). The third-order valence-electron chi connectivity index (χ3n) is 2.89. The maximum atomic E-state index is 11.0. The van der Waals surface area contributed by atoms with E-state index in [1.165, 1.54) is 0 Å². The van der Waals surface area contributed by atoms with E-state index in [-0.39, 0.29) is 17.6 Å². The Balaban J connectivity index is 3.26. The molecule has 1 aromatic rings. The smallest absolute Gasteiger partial charge is 0.244 e. The predicted molar refractivity (Wildman–Crippen MR) is 73.6 cm³/mol. The van der Waals surface area contributed by atoms with Gasteiger partial charge in [-0.2, -0.15) is 0 Å². The van der Waals surface area contributed by atoms with Crippen LogP contribution in [-0.4, -0.2) is 11.0 Å². The highest BCUT2D eigenvalue weighted by Gasteiger charge is 2.21. The molecule has 3 nitrogen and oxygen atoms in total. The van der Waals surface area contributed by atoms with Gasteiger partial charge < -0.3 is 10.8 Å². The molecular weight excluding hydrogens is 226 g/mol. The number of phenolic OH excluding ortho intramolecular Hbond substituents is 1. The first-order valence-electron chi connectivity index (χ1n) is 5.93. The average Bonchev–Trinajstić information content (AvgIpc) is 2.21. The molecule has 3 N–H and O–H groups in total. The summed E-state index contributed by atoms with van der Waals surface area (Å²) >= 11 is 0. The van der Waals surface area contributed by atoms with Crippen LogP contribution in [-0.2, 0) is 16.6 Å². The van der Waals surface area contributed by atoms with Gasteiger partial charge in [-0.25, -0.2) is 0 Å². The van der Waals surface area contributed by atoms with Gasteiger partial charge in [-0.1, -0.05) is 45.0 Å². The monoisotopic (exact) mass is 247 g/mol. The number of primary amides is 1. The molecule has 0 fully saturated rings. The van der Waals surface area contributed by atoms with Crippen LogP contribution < -0.4 is 5.73 Å². The van der Waals surface area contributed by atoms with Crippen molar-refractivity contribution in [3.63, 3.8) is 0 Å². The number of rotatable bonds is 3. The molecule has 1 aromatic carbocycles. The SMILES string of the molecule is C=C(Cc1cc(C)cc(C(C)(C)C)c1O)C(N)=O. The summed E-state index contributed by atoms with van der Waals surface area (Å²) in [4.78, 5) is 11.0. The number of nitrogens with two attached hydrogens (primary N) is 1. The number of hydrogen-bond donors (Lipinski definition) is 2. The molecule has 0 saturated heterocycles. The lowest BCUT2D eigenvalue weighted by molar-refractivity contribution is -0.114. The van der Waals surface area contributed by atoms with Gasteiger partial charge in [0.05, 0.1) is 0 Å². The minimum absolute atomic E-state index is 0.154. The van der Waals surface area contributed by atoms with Crippen molar-refractivity contribution >= 4 is 5.91 Å². The molecule has 0 spiro atoms. The zero-order chi connectivity index (χ0) is 14.1. The van der Waals surface area contributed by atoms with Crippen LogP contribution in [0.4, 0.5) is 0 Å². The van der Waals surface area contributed by atoms with E-state index in [2.05, 4.69) is 6.58 Å². The van der Waals surface area contributed by atoms with Gasteiger partial charge in [-0.05, 0) is 23.5 Å². The maximum Gasteiger partial charge on any atom is 0.244 e. The summed E-state index contributed by atoms with van der Waals surface area (Å²) in [6, 6.07) is 3.82. The Morgan fingerprint density at radius 3 is 2.39 bits per heavy atom. The first kappa shape index (κ1) is 14.3. The molecule has 18 heavy (non-hydrogen) atoms. The molecule has 0 heterocycles. The lowest BCUT2D eigenvalue weighted by Crippen LogP contribution is -2.16. The minimum atomic E-state index is -0.534. The lowest BCUT2D eigenvalue weighted by atomic mass is 9.83. The van der Waals surface area contributed by atoms with E-state index in [9.17, 15) is 9.90 Å². The molecule has 0 aliphatic carbocycles. The Bertz CT molecular complexity index is 496. The van der Waals surface area contributed by atoms with E-state index < -0.39 is 5.91 Å². The van der Waals surface area contributed by atoms with Crippen molar-refractivity contribution in [2.75, 3.05) is 0 Å². The second-order valence-corrected chi connectivity index (χ2v) is 5.71. The fraction of sp³-hybridized carbons (Fsp3) is 0.400. The zero-order valence-electron chi connectivity index (χ0n) is 11.5. The van der Waals surface area contributed by atoms with Crippen molar-refractivity contribution in [2.24, 2.45) is 5.73 Å². The Morgan fingerprint density at radius 1 is 1.39 bits per heavy atom. The van der Waals surface area contributed by atoms with Crippen LogP contribution in [0.3, 0.4) is 0 Å². The Morgan fingerprint density at radius 2 is 1.94 bits per heavy atom. The quantitative estimate of drug-likeness (QED) is 0.806. The van der Waals surface area contributed by atoms with E-state index in [1.807, 2.05) is 39.8 Å². The van der Waals surface area contributed by atoms with Crippen molar-refractivity contribution in [1.82, 2.24) is 0 Å². The van der Waals surface area contributed by atoms with E-state index in [4.69, 9.17) is 5.73 Å². The third-order valence-corrected chi connectivity index (χ3v) is 2.89. The van der Waals surface area contributed by atoms with Gasteiger partial charge in [-0.15, -0.1) is 0 Å². The summed E-state index contributed by atoms with van der Waals surface area (Å²) in [6.07, 6.45) is 0.284. The van der Waals surface area contributed by atoms with Crippen molar-refractivity contribution in [1.29, 1.82) is 0 Å². The van der Waals surface area contributed by atoms with Crippen LogP contribution >= 0.6 is 0 Å². The molecule has 0 aliphatic heterocycles. The van der Waals surface area contributed by atoms with Crippen LogP contribution in [0.1, 0.15) is 37.5 Å². The molecule has 1 rings (SSSR count). The van der Waals surface area contributed by atoms with Gasteiger partial charge >= 0.3 is 0 Å². The molecule has 0 aliphatic rings. The molecular formula is C15H21NO2. The molecule has 0 unspecified atom stereocenters. The van der Waals surface area contributed by atoms with Crippen molar-refractivity contribution in [3.05, 3.63) is 41.0 Å². The number of phenols is 1. The first-order chi connectivity index (χ1) is 8.12. The summed E-state index contributed by atoms with van der Waals surface area (Å²) in [5.74, 6) is -0.302. The summed E-state index contributed by atoms with van der Waals surface area (Å²) < 4.78 is 0. The normalized spacial score (nSPS) is 11.3. The second kappa shape index (κ2) is 4.84. The van der Waals surface area contributed by atoms with Crippen LogP contribution in [0.2, 0.25) is 0 Å². The Hall–Kier alpha value is -1.77. The maximum absolute atomic E-state index is 11.0.